The summed E-state index contributed by atoms with van der Waals surface area (Å²) in [6, 6.07) is 3.20. The van der Waals surface area contributed by atoms with Gasteiger partial charge >= 0.3 is 5.69 Å². The van der Waals surface area contributed by atoms with E-state index in [4.69, 9.17) is 27.9 Å². The van der Waals surface area contributed by atoms with Gasteiger partial charge in [-0.25, -0.2) is 10.2 Å². The maximum Gasteiger partial charge on any atom is 0.325 e. The highest BCUT2D eigenvalue weighted by Crippen LogP contribution is 2.33. The van der Waals surface area contributed by atoms with E-state index in [1.807, 2.05) is 6.92 Å². The maximum absolute atomic E-state index is 12.0. The van der Waals surface area contributed by atoms with Crippen LogP contribution in [-0.2, 0) is 11.2 Å². The van der Waals surface area contributed by atoms with Gasteiger partial charge in [-0.05, 0) is 31.0 Å². The fourth-order valence-corrected chi connectivity index (χ4v) is 2.83. The zero-order valence-corrected chi connectivity index (χ0v) is 16.2. The Balaban J connectivity index is 2.04. The van der Waals surface area contributed by atoms with E-state index in [1.165, 1.54) is 13.1 Å². The summed E-state index contributed by atoms with van der Waals surface area (Å²) >= 11 is 12.3. The second-order valence-corrected chi connectivity index (χ2v) is 6.46. The van der Waals surface area contributed by atoms with Crippen molar-refractivity contribution >= 4 is 35.3 Å². The Bertz CT molecular complexity index is 959. The van der Waals surface area contributed by atoms with Crippen molar-refractivity contribution in [3.05, 3.63) is 59.8 Å². The summed E-state index contributed by atoms with van der Waals surface area (Å²) in [5.41, 5.74) is 2.11. The maximum atomic E-state index is 12.0. The van der Waals surface area contributed by atoms with Crippen molar-refractivity contribution in [2.75, 3.05) is 6.61 Å². The monoisotopic (exact) mass is 412 g/mol. The average molecular weight is 413 g/mol. The number of rotatable bonds is 7. The van der Waals surface area contributed by atoms with Crippen molar-refractivity contribution in [2.24, 2.45) is 5.10 Å². The van der Waals surface area contributed by atoms with Gasteiger partial charge < -0.3 is 9.72 Å². The van der Waals surface area contributed by atoms with Crippen LogP contribution < -0.4 is 21.4 Å². The molecule has 0 radical (unpaired) electrons. The molecule has 144 valence electrons. The van der Waals surface area contributed by atoms with Crippen molar-refractivity contribution in [3.63, 3.8) is 0 Å². The highest BCUT2D eigenvalue weighted by molar-refractivity contribution is 6.37. The van der Waals surface area contributed by atoms with Crippen molar-refractivity contribution in [1.82, 2.24) is 15.4 Å². The summed E-state index contributed by atoms with van der Waals surface area (Å²) in [6.45, 7) is 3.99. The molecule has 0 bridgehead atoms. The topological polar surface area (TPSA) is 116 Å². The van der Waals surface area contributed by atoms with Gasteiger partial charge in [0, 0.05) is 11.3 Å². The first-order valence-corrected chi connectivity index (χ1v) is 8.83. The lowest BCUT2D eigenvalue weighted by atomic mass is 10.1. The quantitative estimate of drug-likeness (QED) is 0.476. The largest absolute Gasteiger partial charge is 0.490 e. The summed E-state index contributed by atoms with van der Waals surface area (Å²) < 4.78 is 5.48. The molecule has 0 saturated heterocycles. The molecular formula is C17H18Cl2N4O4. The highest BCUT2D eigenvalue weighted by Gasteiger charge is 2.11. The summed E-state index contributed by atoms with van der Waals surface area (Å²) in [7, 11) is 0. The lowest BCUT2D eigenvalue weighted by Crippen LogP contribution is -2.30. The molecule has 1 aromatic heterocycles. The number of hydrogen-bond donors (Lipinski definition) is 3. The number of ether oxygens (including phenoxy) is 1. The van der Waals surface area contributed by atoms with Gasteiger partial charge in [-0.3, -0.25) is 14.6 Å². The van der Waals surface area contributed by atoms with Crippen molar-refractivity contribution < 1.29 is 9.53 Å². The molecule has 0 aliphatic rings. The normalized spacial score (nSPS) is 11.0. The van der Waals surface area contributed by atoms with Crippen LogP contribution in [-0.4, -0.2) is 28.7 Å². The number of benzene rings is 1. The van der Waals surface area contributed by atoms with Crippen LogP contribution in [0.4, 0.5) is 0 Å². The zero-order valence-electron chi connectivity index (χ0n) is 14.7. The van der Waals surface area contributed by atoms with Gasteiger partial charge in [0.25, 0.3) is 5.56 Å². The minimum atomic E-state index is -0.625. The van der Waals surface area contributed by atoms with Gasteiger partial charge in [0.15, 0.2) is 5.75 Å². The molecule has 0 atom stereocenters. The third-order valence-electron chi connectivity index (χ3n) is 3.47. The molecule has 10 heteroatoms. The summed E-state index contributed by atoms with van der Waals surface area (Å²) in [5.74, 6) is -0.124. The second-order valence-electron chi connectivity index (χ2n) is 5.64. The molecule has 2 aromatic rings. The van der Waals surface area contributed by atoms with Crippen molar-refractivity contribution in [2.45, 2.75) is 26.7 Å². The van der Waals surface area contributed by atoms with Crippen LogP contribution in [0.3, 0.4) is 0 Å². The van der Waals surface area contributed by atoms with Crippen LogP contribution in [0, 0.1) is 6.92 Å². The Morgan fingerprint density at radius 3 is 2.52 bits per heavy atom. The fourth-order valence-electron chi connectivity index (χ4n) is 2.21. The summed E-state index contributed by atoms with van der Waals surface area (Å²) in [5, 5.41) is 4.49. The zero-order chi connectivity index (χ0) is 20.0. The first kappa shape index (κ1) is 20.7. The molecule has 0 aliphatic carbocycles. The van der Waals surface area contributed by atoms with Crippen molar-refractivity contribution in [1.29, 1.82) is 0 Å². The predicted octanol–water partition coefficient (Wildman–Crippen LogP) is 2.16. The van der Waals surface area contributed by atoms with E-state index < -0.39 is 17.2 Å². The highest BCUT2D eigenvalue weighted by atomic mass is 35.5. The van der Waals surface area contributed by atoms with E-state index in [0.717, 1.165) is 6.42 Å². The van der Waals surface area contributed by atoms with Gasteiger partial charge in [0.05, 0.1) is 29.3 Å². The van der Waals surface area contributed by atoms with E-state index in [1.54, 1.807) is 12.1 Å². The Morgan fingerprint density at radius 1 is 1.26 bits per heavy atom. The molecule has 2 rings (SSSR count). The Labute approximate surface area is 164 Å². The van der Waals surface area contributed by atoms with Crippen LogP contribution in [0.15, 0.2) is 26.8 Å². The Kier molecular flexibility index (Phi) is 7.20. The molecular weight excluding hydrogens is 395 g/mol. The van der Waals surface area contributed by atoms with Crippen LogP contribution in [0.25, 0.3) is 0 Å². The van der Waals surface area contributed by atoms with E-state index in [0.29, 0.717) is 33.7 Å². The fraction of sp³-hybridized carbons (Fsp3) is 0.294. The third-order valence-corrected chi connectivity index (χ3v) is 4.03. The molecule has 0 aliphatic heterocycles. The number of carbonyl (C=O) groups excluding carboxylic acids is 1. The molecule has 1 heterocycles. The molecule has 3 N–H and O–H groups in total. The number of aromatic amines is 2. The van der Waals surface area contributed by atoms with Gasteiger partial charge in [-0.1, -0.05) is 30.1 Å². The number of nitrogens with zero attached hydrogens (tertiary/aromatic N) is 1. The van der Waals surface area contributed by atoms with E-state index in [2.05, 4.69) is 20.5 Å². The lowest BCUT2D eigenvalue weighted by molar-refractivity contribution is -0.120. The molecule has 8 nitrogen and oxygen atoms in total. The Morgan fingerprint density at radius 2 is 1.93 bits per heavy atom. The number of hydrogen-bond acceptors (Lipinski definition) is 5. The van der Waals surface area contributed by atoms with E-state index >= 15 is 0 Å². The molecule has 0 saturated carbocycles. The van der Waals surface area contributed by atoms with Gasteiger partial charge in [-0.2, -0.15) is 5.10 Å². The minimum Gasteiger partial charge on any atom is -0.490 e. The second kappa shape index (κ2) is 9.38. The molecule has 0 unspecified atom stereocenters. The Hall–Kier alpha value is -2.58. The molecule has 1 aromatic carbocycles. The standard InChI is InChI=1S/C17H18Cl2N4O4/c1-3-4-27-15-12(18)5-10(6-13(15)19)8-20-23-14(24)7-11-9(2)21-17(26)22-16(11)25/h5-6,8H,3-4,7H2,1-2H3,(H,23,24)(H2,21,22,25,26)/b20-8-. The van der Waals surface area contributed by atoms with Gasteiger partial charge in [-0.15, -0.1) is 0 Å². The van der Waals surface area contributed by atoms with Gasteiger partial charge in [0.1, 0.15) is 0 Å². The van der Waals surface area contributed by atoms with Crippen LogP contribution in [0.5, 0.6) is 5.75 Å². The summed E-state index contributed by atoms with van der Waals surface area (Å²) in [6.07, 6.45) is 1.95. The number of aromatic nitrogens is 2. The van der Waals surface area contributed by atoms with E-state index in [9.17, 15) is 14.4 Å². The number of aryl methyl sites for hydroxylation is 1. The minimum absolute atomic E-state index is 0.158. The molecule has 27 heavy (non-hydrogen) atoms. The first-order valence-electron chi connectivity index (χ1n) is 8.07. The molecule has 0 spiro atoms. The van der Waals surface area contributed by atoms with Crippen LogP contribution >= 0.6 is 23.2 Å². The van der Waals surface area contributed by atoms with Crippen LogP contribution in [0.2, 0.25) is 10.0 Å². The number of halogens is 2. The van der Waals surface area contributed by atoms with E-state index in [-0.39, 0.29) is 12.0 Å². The number of hydrazone groups is 1. The number of H-pyrrole nitrogens is 2. The smallest absolute Gasteiger partial charge is 0.325 e. The average Bonchev–Trinajstić information content (AvgIpc) is 2.57. The lowest BCUT2D eigenvalue weighted by Gasteiger charge is -2.09. The first-order chi connectivity index (χ1) is 12.8. The molecule has 1 amide bonds. The number of carbonyl (C=O) groups is 1. The predicted molar refractivity (Wildman–Crippen MR) is 104 cm³/mol. The number of amides is 1. The summed E-state index contributed by atoms with van der Waals surface area (Å²) in [4.78, 5) is 39.3. The van der Waals surface area contributed by atoms with Crippen molar-refractivity contribution in [3.8, 4) is 5.75 Å². The molecule has 0 fully saturated rings. The number of nitrogens with one attached hydrogen (secondary N) is 3. The van der Waals surface area contributed by atoms with Crippen LogP contribution in [0.1, 0.15) is 30.2 Å². The third kappa shape index (κ3) is 5.70. The SMILES string of the molecule is CCCOc1c(Cl)cc(/C=N\NC(=O)Cc2c(C)[nH]c(=O)[nH]c2=O)cc1Cl. The van der Waals surface area contributed by atoms with Gasteiger partial charge in [0.2, 0.25) is 5.91 Å².